The van der Waals surface area contributed by atoms with Crippen LogP contribution in [0.4, 0.5) is 43.5 Å². The second-order valence-electron chi connectivity index (χ2n) is 17.2. The molecular weight excluding hydrogens is 851 g/mol. The van der Waals surface area contributed by atoms with Gasteiger partial charge in [0.25, 0.3) is 24.2 Å². The largest absolute Gasteiger partial charge is 0.364 e. The van der Waals surface area contributed by atoms with Crippen LogP contribution in [0, 0.1) is 0 Å². The van der Waals surface area contributed by atoms with E-state index in [-0.39, 0.29) is 74.0 Å². The zero-order valence-corrected chi connectivity index (χ0v) is 35.6. The van der Waals surface area contributed by atoms with E-state index in [1.165, 1.54) is 30.7 Å². The fourth-order valence-corrected chi connectivity index (χ4v) is 9.32. The van der Waals surface area contributed by atoms with E-state index in [9.17, 15) is 45.5 Å². The van der Waals surface area contributed by atoms with Crippen LogP contribution < -0.4 is 26.1 Å². The highest BCUT2D eigenvalue weighted by Crippen LogP contribution is 2.37. The number of piperidine rings is 3. The molecule has 0 radical (unpaired) electrons. The second-order valence-corrected chi connectivity index (χ2v) is 17.2. The van der Waals surface area contributed by atoms with Crippen molar-refractivity contribution in [3.8, 4) is 0 Å². The molecule has 4 aliphatic rings. The van der Waals surface area contributed by atoms with Gasteiger partial charge in [-0.25, -0.2) is 40.6 Å². The Bertz CT molecular complexity index is 2600. The fraction of sp³-hybridized carbons (Fsp3) is 0.548. The average molecular weight is 901 g/mol. The van der Waals surface area contributed by atoms with Crippen molar-refractivity contribution in [1.29, 1.82) is 0 Å². The zero-order valence-electron chi connectivity index (χ0n) is 35.6. The lowest BCUT2D eigenvalue weighted by molar-refractivity contribution is -0.135. The van der Waals surface area contributed by atoms with Crippen LogP contribution in [0.2, 0.25) is 0 Å². The van der Waals surface area contributed by atoms with E-state index in [1.807, 2.05) is 0 Å². The molecule has 4 fully saturated rings. The first-order valence-corrected chi connectivity index (χ1v) is 21.4. The number of aromatic nitrogens is 7. The molecule has 0 bridgehead atoms. The maximum atomic E-state index is 14.8. The van der Waals surface area contributed by atoms with Crippen LogP contribution in [0.25, 0.3) is 16.7 Å². The highest BCUT2D eigenvalue weighted by atomic mass is 19.3. The van der Waals surface area contributed by atoms with Crippen LogP contribution >= 0.6 is 0 Å². The van der Waals surface area contributed by atoms with Gasteiger partial charge in [-0.15, -0.1) is 0 Å². The number of aryl methyl sites for hydroxylation is 1. The summed E-state index contributed by atoms with van der Waals surface area (Å²) in [6.07, 6.45) is 6.51. The predicted molar refractivity (Wildman–Crippen MR) is 224 cm³/mol. The molecule has 7 heterocycles. The van der Waals surface area contributed by atoms with Crippen LogP contribution in [-0.2, 0) is 16.6 Å². The van der Waals surface area contributed by atoms with E-state index in [1.54, 1.807) is 66.3 Å². The highest BCUT2D eigenvalue weighted by Gasteiger charge is 2.46. The summed E-state index contributed by atoms with van der Waals surface area (Å²) >= 11 is 0. The number of benzene rings is 1. The van der Waals surface area contributed by atoms with Crippen LogP contribution in [-0.4, -0.2) is 114 Å². The van der Waals surface area contributed by atoms with Crippen LogP contribution in [0.3, 0.4) is 0 Å². The van der Waals surface area contributed by atoms with E-state index >= 15 is 0 Å². The summed E-state index contributed by atoms with van der Waals surface area (Å²) in [6, 6.07) is 5.16. The molecule has 3 amide bonds. The van der Waals surface area contributed by atoms with Gasteiger partial charge in [0.1, 0.15) is 17.4 Å². The summed E-state index contributed by atoms with van der Waals surface area (Å²) in [5, 5.41) is 13.0. The van der Waals surface area contributed by atoms with Gasteiger partial charge in [0, 0.05) is 58.3 Å². The predicted octanol–water partition coefficient (Wildman–Crippen LogP) is 5.95. The van der Waals surface area contributed by atoms with E-state index < -0.39 is 60.1 Å². The normalized spacial score (nSPS) is 21.7. The fourth-order valence-electron chi connectivity index (χ4n) is 9.32. The Balaban J connectivity index is 0.000000176. The number of hydrogen-bond donors (Lipinski definition) is 2. The van der Waals surface area contributed by atoms with Gasteiger partial charge in [-0.3, -0.25) is 33.5 Å². The molecule has 1 aliphatic carbocycles. The van der Waals surface area contributed by atoms with Crippen molar-refractivity contribution in [1.82, 2.24) is 43.7 Å². The van der Waals surface area contributed by atoms with Gasteiger partial charge in [-0.05, 0) is 58.0 Å². The van der Waals surface area contributed by atoms with E-state index in [4.69, 9.17) is 0 Å². The standard InChI is InChI=1S/C22H25F4N7O.C20H25F2N5O3/c23-19(24)18-16(13-33(30-18)14-4-2-1-3-5-14)28-21(34)15-12-27-32-9-6-17(29-20(15)32)31-10-7-22(25,26)8-11-31;1-24(2)15-9-10-26(11-20(15,21)22)12-5-4-6-13-17(12)25(3)19(30)27(13)14-7-8-16(28)23-18(14)29/h6,9,12-14,19H,1-5,7-8,10-11H2,(H,28,34);4-6,14-15H,7-11H2,1-3H3,(H,23,28,29). The minimum atomic E-state index is -2.91. The summed E-state index contributed by atoms with van der Waals surface area (Å²) in [5.41, 5.74) is 0.911. The molecule has 2 N–H and O–H groups in total. The molecule has 2 atom stereocenters. The Hall–Kier alpha value is -5.93. The van der Waals surface area contributed by atoms with Crippen molar-refractivity contribution >= 4 is 51.6 Å². The summed E-state index contributed by atoms with van der Waals surface area (Å²) in [6.45, 7) is 0.260. The Kier molecular flexibility index (Phi) is 12.3. The van der Waals surface area contributed by atoms with Crippen LogP contribution in [0.1, 0.15) is 98.8 Å². The molecule has 22 heteroatoms. The first-order valence-electron chi connectivity index (χ1n) is 21.4. The molecular formula is C42H50F6N12O4. The van der Waals surface area contributed by atoms with Crippen molar-refractivity contribution in [2.75, 3.05) is 55.4 Å². The number of carbonyl (C=O) groups excluding carboxylic acids is 3. The number of anilines is 3. The monoisotopic (exact) mass is 900 g/mol. The summed E-state index contributed by atoms with van der Waals surface area (Å²) in [7, 11) is 4.87. The Morgan fingerprint density at radius 1 is 0.953 bits per heavy atom. The van der Waals surface area contributed by atoms with Gasteiger partial charge in [0.05, 0.1) is 47.2 Å². The van der Waals surface area contributed by atoms with Gasteiger partial charge >= 0.3 is 5.69 Å². The molecule has 64 heavy (non-hydrogen) atoms. The summed E-state index contributed by atoms with van der Waals surface area (Å²) < 4.78 is 89.6. The first-order chi connectivity index (χ1) is 30.4. The molecule has 9 rings (SSSR count). The third kappa shape index (κ3) is 8.79. The smallest absolute Gasteiger partial charge is 0.329 e. The number of carbonyl (C=O) groups is 3. The topological polar surface area (TPSA) is 160 Å². The quantitative estimate of drug-likeness (QED) is 0.141. The minimum Gasteiger partial charge on any atom is -0.364 e. The lowest BCUT2D eigenvalue weighted by atomic mass is 9.96. The Labute approximate surface area is 363 Å². The number of alkyl halides is 6. The number of imidazole rings is 1. The number of halogens is 6. The zero-order chi connectivity index (χ0) is 45.7. The first kappa shape index (κ1) is 44.7. The maximum absolute atomic E-state index is 14.8. The average Bonchev–Trinajstić information content (AvgIpc) is 3.95. The van der Waals surface area contributed by atoms with Gasteiger partial charge in [0.15, 0.2) is 11.3 Å². The number of fused-ring (bicyclic) bond motifs is 2. The molecule has 344 valence electrons. The number of para-hydroxylation sites is 1. The molecule has 3 aliphatic heterocycles. The SMILES string of the molecule is CN(C)C1CCN(c2cccc3c2n(C)c(=O)n3C2CCC(=O)NC2=O)CC1(F)F.O=C(Nc1cn(C2CCCCC2)nc1C(F)F)c1cnn2ccc(N3CCC(F)(F)CC3)nc12. The summed E-state index contributed by atoms with van der Waals surface area (Å²) in [5.74, 6) is -6.67. The Morgan fingerprint density at radius 2 is 1.69 bits per heavy atom. The van der Waals surface area contributed by atoms with Crippen molar-refractivity contribution in [3.63, 3.8) is 0 Å². The summed E-state index contributed by atoms with van der Waals surface area (Å²) in [4.78, 5) is 59.2. The van der Waals surface area contributed by atoms with Crippen molar-refractivity contribution in [3.05, 3.63) is 64.6 Å². The number of amides is 3. The third-order valence-corrected chi connectivity index (χ3v) is 12.7. The number of nitrogens with zero attached hydrogens (tertiary/aromatic N) is 10. The molecule has 16 nitrogen and oxygen atoms in total. The Morgan fingerprint density at radius 3 is 2.36 bits per heavy atom. The number of rotatable bonds is 8. The molecule has 3 saturated heterocycles. The van der Waals surface area contributed by atoms with Crippen molar-refractivity contribution in [2.24, 2.45) is 7.05 Å². The van der Waals surface area contributed by atoms with Crippen molar-refractivity contribution < 1.29 is 40.7 Å². The molecule has 4 aromatic heterocycles. The van der Waals surface area contributed by atoms with Gasteiger partial charge in [-0.1, -0.05) is 25.3 Å². The molecule has 1 aromatic carbocycles. The minimum absolute atomic E-state index is 0.0371. The molecule has 1 saturated carbocycles. The number of hydrogen-bond acceptors (Lipinski definition) is 10. The maximum Gasteiger partial charge on any atom is 0.329 e. The van der Waals surface area contributed by atoms with Gasteiger partial charge in [0.2, 0.25) is 11.8 Å². The van der Waals surface area contributed by atoms with E-state index in [2.05, 4.69) is 25.8 Å². The van der Waals surface area contributed by atoms with E-state index in [0.29, 0.717) is 29.1 Å². The molecule has 0 spiro atoms. The van der Waals surface area contributed by atoms with Gasteiger partial charge in [-0.2, -0.15) is 10.2 Å². The number of imide groups is 1. The molecule has 2 unspecified atom stereocenters. The second kappa shape index (κ2) is 17.6. The van der Waals surface area contributed by atoms with E-state index in [0.717, 1.165) is 32.1 Å². The lowest BCUT2D eigenvalue weighted by Crippen LogP contribution is -2.56. The van der Waals surface area contributed by atoms with Gasteiger partial charge < -0.3 is 20.0 Å². The number of nitrogens with one attached hydrogen (secondary N) is 2. The molecule has 5 aromatic rings. The third-order valence-electron chi connectivity index (χ3n) is 12.7. The lowest BCUT2D eigenvalue weighted by Gasteiger charge is -2.42. The highest BCUT2D eigenvalue weighted by molar-refractivity contribution is 6.08. The van der Waals surface area contributed by atoms with Crippen LogP contribution in [0.15, 0.2) is 47.7 Å². The van der Waals surface area contributed by atoms with Crippen molar-refractivity contribution in [2.45, 2.75) is 101 Å². The van der Waals surface area contributed by atoms with Crippen LogP contribution in [0.5, 0.6) is 0 Å².